The highest BCUT2D eigenvalue weighted by atomic mass is 16.6. The Balaban J connectivity index is 1.76. The summed E-state index contributed by atoms with van der Waals surface area (Å²) in [5.74, 6) is 1.12. The number of carbonyl (C=O) groups excluding carboxylic acids is 1. The second kappa shape index (κ2) is 6.91. The molecule has 0 aliphatic rings. The molecule has 0 unspecified atom stereocenters. The topological polar surface area (TPSA) is 81.9 Å². The van der Waals surface area contributed by atoms with Gasteiger partial charge in [0.1, 0.15) is 17.8 Å². The molecule has 7 nitrogen and oxygen atoms in total. The average Bonchev–Trinajstić information content (AvgIpc) is 3.06. The van der Waals surface area contributed by atoms with Crippen LogP contribution in [0.4, 0.5) is 10.5 Å². The molecule has 1 N–H and O–H groups in total. The highest BCUT2D eigenvalue weighted by molar-refractivity contribution is 5.86. The monoisotopic (exact) mass is 323 g/mol. The Morgan fingerprint density at radius 2 is 2.00 bits per heavy atom. The van der Waals surface area contributed by atoms with Crippen molar-refractivity contribution in [2.75, 3.05) is 5.32 Å². The summed E-state index contributed by atoms with van der Waals surface area (Å²) >= 11 is 0. The lowest BCUT2D eigenvalue weighted by atomic mass is 10.3. The third-order valence-electron chi connectivity index (χ3n) is 3.32. The molecule has 1 amide bonds. The molecule has 7 heteroatoms. The number of para-hydroxylation sites is 1. The van der Waals surface area contributed by atoms with Crippen LogP contribution in [0.1, 0.15) is 19.9 Å². The lowest BCUT2D eigenvalue weighted by molar-refractivity contribution is 0.215. The Kier molecular flexibility index (Phi) is 4.51. The maximum absolute atomic E-state index is 12.0. The summed E-state index contributed by atoms with van der Waals surface area (Å²) in [6.45, 7) is 4.07. The summed E-state index contributed by atoms with van der Waals surface area (Å²) in [7, 11) is 0. The Hall–Kier alpha value is -3.22. The van der Waals surface area contributed by atoms with Crippen molar-refractivity contribution in [1.29, 1.82) is 0 Å². The molecule has 0 spiro atoms. The third kappa shape index (κ3) is 3.57. The largest absolute Gasteiger partial charge is 0.417 e. The van der Waals surface area contributed by atoms with Crippen LogP contribution in [0.15, 0.2) is 55.0 Å². The van der Waals surface area contributed by atoms with Gasteiger partial charge in [-0.05, 0) is 38.1 Å². The van der Waals surface area contributed by atoms with Crippen molar-refractivity contribution in [3.05, 3.63) is 55.0 Å². The first kappa shape index (κ1) is 15.7. The molecule has 1 aromatic carbocycles. The molecular formula is C17H17N5O2. The van der Waals surface area contributed by atoms with E-state index in [9.17, 15) is 4.79 Å². The maximum Gasteiger partial charge on any atom is 0.417 e. The van der Waals surface area contributed by atoms with E-state index in [4.69, 9.17) is 4.74 Å². The smallest absolute Gasteiger partial charge is 0.410 e. The maximum atomic E-state index is 12.0. The number of ether oxygens (including phenoxy) is 1. The standard InChI is InChI=1S/C17H17N5O2/c1-12(2)22-11-19-21-16(22)15-10-13(8-9-18-15)20-17(23)24-14-6-4-3-5-7-14/h3-12H,1-2H3,(H,18,20,23). The first-order valence-electron chi connectivity index (χ1n) is 7.53. The number of hydrogen-bond donors (Lipinski definition) is 1. The van der Waals surface area contributed by atoms with Crippen LogP contribution in [0.5, 0.6) is 5.75 Å². The van der Waals surface area contributed by atoms with Crippen LogP contribution < -0.4 is 10.1 Å². The van der Waals surface area contributed by atoms with Gasteiger partial charge in [-0.15, -0.1) is 10.2 Å². The molecule has 0 saturated heterocycles. The van der Waals surface area contributed by atoms with Gasteiger partial charge in [-0.1, -0.05) is 18.2 Å². The number of amides is 1. The number of nitrogens with one attached hydrogen (secondary N) is 1. The quantitative estimate of drug-likeness (QED) is 0.794. The van der Waals surface area contributed by atoms with Crippen molar-refractivity contribution in [2.24, 2.45) is 0 Å². The molecule has 2 heterocycles. The fourth-order valence-corrected chi connectivity index (χ4v) is 2.17. The van der Waals surface area contributed by atoms with Crippen molar-refractivity contribution in [3.63, 3.8) is 0 Å². The van der Waals surface area contributed by atoms with Crippen molar-refractivity contribution < 1.29 is 9.53 Å². The van der Waals surface area contributed by atoms with Crippen LogP contribution in [-0.4, -0.2) is 25.8 Å². The molecule has 0 radical (unpaired) electrons. The van der Waals surface area contributed by atoms with E-state index in [0.717, 1.165) is 0 Å². The lowest BCUT2D eigenvalue weighted by Gasteiger charge is -2.10. The number of aromatic nitrogens is 4. The number of nitrogens with zero attached hydrogens (tertiary/aromatic N) is 4. The minimum Gasteiger partial charge on any atom is -0.410 e. The highest BCUT2D eigenvalue weighted by Gasteiger charge is 2.12. The number of anilines is 1. The molecule has 0 aliphatic heterocycles. The van der Waals surface area contributed by atoms with E-state index < -0.39 is 6.09 Å². The molecule has 3 aromatic rings. The van der Waals surface area contributed by atoms with Gasteiger partial charge in [-0.3, -0.25) is 10.3 Å². The van der Waals surface area contributed by atoms with Gasteiger partial charge >= 0.3 is 6.09 Å². The lowest BCUT2D eigenvalue weighted by Crippen LogP contribution is -2.16. The molecule has 3 rings (SSSR count). The fraction of sp³-hybridized carbons (Fsp3) is 0.176. The predicted octanol–water partition coefficient (Wildman–Crippen LogP) is 3.53. The summed E-state index contributed by atoms with van der Waals surface area (Å²) in [4.78, 5) is 16.3. The van der Waals surface area contributed by atoms with Crippen molar-refractivity contribution in [3.8, 4) is 17.3 Å². The SMILES string of the molecule is CC(C)n1cnnc1-c1cc(NC(=O)Oc2ccccc2)ccn1. The molecule has 0 atom stereocenters. The average molecular weight is 323 g/mol. The number of carbonyl (C=O) groups is 1. The van der Waals surface area contributed by atoms with Crippen molar-refractivity contribution in [2.45, 2.75) is 19.9 Å². The minimum atomic E-state index is -0.566. The van der Waals surface area contributed by atoms with Gasteiger partial charge in [0.2, 0.25) is 0 Å². The zero-order valence-electron chi connectivity index (χ0n) is 13.4. The number of hydrogen-bond acceptors (Lipinski definition) is 5. The molecular weight excluding hydrogens is 306 g/mol. The van der Waals surface area contributed by atoms with Crippen LogP contribution in [0.2, 0.25) is 0 Å². The van der Waals surface area contributed by atoms with E-state index in [2.05, 4.69) is 20.5 Å². The minimum absolute atomic E-state index is 0.205. The summed E-state index contributed by atoms with van der Waals surface area (Å²) in [5, 5.41) is 10.7. The first-order valence-corrected chi connectivity index (χ1v) is 7.53. The molecule has 2 aromatic heterocycles. The summed E-state index contributed by atoms with van der Waals surface area (Å²) < 4.78 is 7.12. The van der Waals surface area contributed by atoms with E-state index >= 15 is 0 Å². The molecule has 0 saturated carbocycles. The fourth-order valence-electron chi connectivity index (χ4n) is 2.17. The Morgan fingerprint density at radius 3 is 2.75 bits per heavy atom. The first-order chi connectivity index (χ1) is 11.6. The van der Waals surface area contributed by atoms with Crippen LogP contribution in [0.25, 0.3) is 11.5 Å². The van der Waals surface area contributed by atoms with Gasteiger partial charge in [-0.25, -0.2) is 4.79 Å². The van der Waals surface area contributed by atoms with Crippen LogP contribution in [0.3, 0.4) is 0 Å². The summed E-state index contributed by atoms with van der Waals surface area (Å²) in [6.07, 6.45) is 2.70. The number of rotatable bonds is 4. The van der Waals surface area contributed by atoms with Gasteiger partial charge in [0.15, 0.2) is 5.82 Å². The van der Waals surface area contributed by atoms with Gasteiger partial charge in [0.05, 0.1) is 0 Å². The second-order valence-corrected chi connectivity index (χ2v) is 5.41. The van der Waals surface area contributed by atoms with Gasteiger partial charge in [0, 0.05) is 17.9 Å². The summed E-state index contributed by atoms with van der Waals surface area (Å²) in [6, 6.07) is 12.5. The Morgan fingerprint density at radius 1 is 1.21 bits per heavy atom. The molecule has 24 heavy (non-hydrogen) atoms. The molecule has 0 fully saturated rings. The molecule has 0 bridgehead atoms. The van der Waals surface area contributed by atoms with Gasteiger partial charge in [-0.2, -0.15) is 0 Å². The molecule has 0 aliphatic carbocycles. The Labute approximate surface area is 139 Å². The van der Waals surface area contributed by atoms with E-state index in [0.29, 0.717) is 23.0 Å². The Bertz CT molecular complexity index is 830. The van der Waals surface area contributed by atoms with E-state index in [-0.39, 0.29) is 6.04 Å². The van der Waals surface area contributed by atoms with Crippen molar-refractivity contribution >= 4 is 11.8 Å². The van der Waals surface area contributed by atoms with E-state index in [1.807, 2.05) is 24.5 Å². The predicted molar refractivity (Wildman–Crippen MR) is 89.7 cm³/mol. The second-order valence-electron chi connectivity index (χ2n) is 5.41. The van der Waals surface area contributed by atoms with Gasteiger partial charge < -0.3 is 9.30 Å². The number of pyridine rings is 1. The van der Waals surface area contributed by atoms with E-state index in [1.54, 1.807) is 48.9 Å². The van der Waals surface area contributed by atoms with Crippen LogP contribution in [-0.2, 0) is 0 Å². The number of benzene rings is 1. The van der Waals surface area contributed by atoms with Crippen LogP contribution in [0, 0.1) is 0 Å². The molecule has 122 valence electrons. The van der Waals surface area contributed by atoms with Gasteiger partial charge in [0.25, 0.3) is 0 Å². The van der Waals surface area contributed by atoms with Crippen LogP contribution >= 0.6 is 0 Å². The third-order valence-corrected chi connectivity index (χ3v) is 3.32. The summed E-state index contributed by atoms with van der Waals surface area (Å²) in [5.41, 5.74) is 1.19. The normalized spacial score (nSPS) is 10.6. The zero-order valence-corrected chi connectivity index (χ0v) is 13.4. The van der Waals surface area contributed by atoms with E-state index in [1.165, 1.54) is 0 Å². The highest BCUT2D eigenvalue weighted by Crippen LogP contribution is 2.21. The van der Waals surface area contributed by atoms with Crippen molar-refractivity contribution in [1.82, 2.24) is 19.7 Å². The zero-order chi connectivity index (χ0) is 16.9.